The zero-order valence-corrected chi connectivity index (χ0v) is 13.2. The van der Waals surface area contributed by atoms with Crippen LogP contribution in [-0.4, -0.2) is 30.8 Å². The molecular formula is C15H24N6O. The van der Waals surface area contributed by atoms with Crippen LogP contribution in [0.3, 0.4) is 0 Å². The molecule has 1 aliphatic rings. The van der Waals surface area contributed by atoms with Crippen LogP contribution in [0.5, 0.6) is 0 Å². The summed E-state index contributed by atoms with van der Waals surface area (Å²) in [6, 6.07) is 0.450. The topological polar surface area (TPSA) is 91.4 Å². The molecule has 0 spiro atoms. The van der Waals surface area contributed by atoms with Crippen molar-refractivity contribution in [3.8, 4) is 0 Å². The van der Waals surface area contributed by atoms with Crippen molar-refractivity contribution >= 4 is 0 Å². The van der Waals surface area contributed by atoms with Crippen LogP contribution in [0.25, 0.3) is 0 Å². The van der Waals surface area contributed by atoms with Gasteiger partial charge in [-0.3, -0.25) is 4.57 Å². The normalized spacial score (nSPS) is 22.1. The standard InChI is InChI=1S/C15H24N6O/c1-10-8-17-13(18-10)9-16-12-6-4-3-5-11(12)7-14-19-20-15(22)21(14)2/h8,11-12,16H,3-7,9H2,1-2H3,(H,17,18)(H,20,22)/t11-,12-/m1/s1. The Bertz CT molecular complexity index is 670. The number of rotatable bonds is 5. The van der Waals surface area contributed by atoms with Gasteiger partial charge < -0.3 is 10.3 Å². The van der Waals surface area contributed by atoms with E-state index in [0.29, 0.717) is 12.0 Å². The van der Waals surface area contributed by atoms with Gasteiger partial charge in [-0.1, -0.05) is 12.8 Å². The Balaban J connectivity index is 1.63. The summed E-state index contributed by atoms with van der Waals surface area (Å²) in [6.45, 7) is 2.77. The molecule has 0 aliphatic heterocycles. The Morgan fingerprint density at radius 3 is 2.91 bits per heavy atom. The van der Waals surface area contributed by atoms with E-state index in [1.807, 2.05) is 13.1 Å². The SMILES string of the molecule is Cc1cnc(CN[C@@H]2CCCC[C@@H]2Cc2n[nH]c(=O)n2C)[nH]1. The number of hydrogen-bond donors (Lipinski definition) is 3. The Morgan fingerprint density at radius 1 is 1.41 bits per heavy atom. The fourth-order valence-electron chi connectivity index (χ4n) is 3.30. The Labute approximate surface area is 129 Å². The molecule has 0 bridgehead atoms. The third kappa shape index (κ3) is 3.30. The summed E-state index contributed by atoms with van der Waals surface area (Å²) in [5.74, 6) is 2.34. The molecule has 3 rings (SSSR count). The maximum Gasteiger partial charge on any atom is 0.343 e. The minimum absolute atomic E-state index is 0.138. The molecule has 0 amide bonds. The molecule has 2 aromatic rings. The van der Waals surface area contributed by atoms with Crippen molar-refractivity contribution in [2.24, 2.45) is 13.0 Å². The first-order valence-electron chi connectivity index (χ1n) is 7.97. The van der Waals surface area contributed by atoms with Gasteiger partial charge in [0.1, 0.15) is 11.6 Å². The van der Waals surface area contributed by atoms with Gasteiger partial charge in [-0.15, -0.1) is 0 Å². The minimum Gasteiger partial charge on any atom is -0.345 e. The molecule has 22 heavy (non-hydrogen) atoms. The maximum atomic E-state index is 11.5. The van der Waals surface area contributed by atoms with E-state index >= 15 is 0 Å². The second kappa shape index (κ2) is 6.48. The quantitative estimate of drug-likeness (QED) is 0.769. The molecule has 7 nitrogen and oxygen atoms in total. The molecule has 7 heteroatoms. The Morgan fingerprint density at radius 2 is 2.23 bits per heavy atom. The lowest BCUT2D eigenvalue weighted by molar-refractivity contribution is 0.253. The number of hydrogen-bond acceptors (Lipinski definition) is 4. The first kappa shape index (κ1) is 15.0. The lowest BCUT2D eigenvalue weighted by Crippen LogP contribution is -2.39. The van der Waals surface area contributed by atoms with Gasteiger partial charge in [-0.25, -0.2) is 14.9 Å². The van der Waals surface area contributed by atoms with Gasteiger partial charge in [0.05, 0.1) is 6.54 Å². The predicted octanol–water partition coefficient (Wildman–Crippen LogP) is 1.03. The van der Waals surface area contributed by atoms with Crippen molar-refractivity contribution in [1.82, 2.24) is 30.0 Å². The predicted molar refractivity (Wildman–Crippen MR) is 83.4 cm³/mol. The lowest BCUT2D eigenvalue weighted by Gasteiger charge is -2.32. The van der Waals surface area contributed by atoms with Gasteiger partial charge >= 0.3 is 5.69 Å². The van der Waals surface area contributed by atoms with Crippen molar-refractivity contribution in [2.75, 3.05) is 0 Å². The summed E-state index contributed by atoms with van der Waals surface area (Å²) >= 11 is 0. The van der Waals surface area contributed by atoms with Crippen molar-refractivity contribution in [3.63, 3.8) is 0 Å². The molecule has 2 atom stereocenters. The van der Waals surface area contributed by atoms with Crippen molar-refractivity contribution in [1.29, 1.82) is 0 Å². The van der Waals surface area contributed by atoms with Crippen LogP contribution in [0.1, 0.15) is 43.0 Å². The van der Waals surface area contributed by atoms with Gasteiger partial charge in [0.25, 0.3) is 0 Å². The maximum absolute atomic E-state index is 11.5. The van der Waals surface area contributed by atoms with Crippen LogP contribution >= 0.6 is 0 Å². The van der Waals surface area contributed by atoms with E-state index < -0.39 is 0 Å². The number of H-pyrrole nitrogens is 2. The largest absolute Gasteiger partial charge is 0.345 e. The molecule has 2 heterocycles. The number of nitrogens with zero attached hydrogens (tertiary/aromatic N) is 3. The Kier molecular flexibility index (Phi) is 4.42. The molecule has 0 radical (unpaired) electrons. The highest BCUT2D eigenvalue weighted by Gasteiger charge is 2.26. The molecular weight excluding hydrogens is 280 g/mol. The van der Waals surface area contributed by atoms with E-state index in [9.17, 15) is 4.79 Å². The second-order valence-electron chi connectivity index (χ2n) is 6.25. The number of aryl methyl sites for hydroxylation is 1. The fourth-order valence-corrected chi connectivity index (χ4v) is 3.30. The molecule has 1 saturated carbocycles. The minimum atomic E-state index is -0.138. The smallest absolute Gasteiger partial charge is 0.343 e. The highest BCUT2D eigenvalue weighted by atomic mass is 16.1. The number of nitrogens with one attached hydrogen (secondary N) is 3. The highest BCUT2D eigenvalue weighted by molar-refractivity contribution is 4.99. The van der Waals surface area contributed by atoms with Crippen LogP contribution in [0, 0.1) is 12.8 Å². The van der Waals surface area contributed by atoms with Gasteiger partial charge in [0.15, 0.2) is 0 Å². The number of aromatic nitrogens is 5. The summed E-state index contributed by atoms with van der Waals surface area (Å²) in [4.78, 5) is 19.1. The van der Waals surface area contributed by atoms with E-state index in [2.05, 4.69) is 25.5 Å². The summed E-state index contributed by atoms with van der Waals surface area (Å²) in [7, 11) is 1.78. The first-order valence-corrected chi connectivity index (χ1v) is 7.97. The van der Waals surface area contributed by atoms with Crippen molar-refractivity contribution in [3.05, 3.63) is 34.0 Å². The highest BCUT2D eigenvalue weighted by Crippen LogP contribution is 2.27. The fraction of sp³-hybridized carbons (Fsp3) is 0.667. The third-order valence-corrected chi connectivity index (χ3v) is 4.61. The molecule has 3 N–H and O–H groups in total. The van der Waals surface area contributed by atoms with Crippen molar-refractivity contribution in [2.45, 2.75) is 51.6 Å². The molecule has 1 aliphatic carbocycles. The van der Waals surface area contributed by atoms with Crippen molar-refractivity contribution < 1.29 is 0 Å². The van der Waals surface area contributed by atoms with Gasteiger partial charge in [0, 0.05) is 31.4 Å². The zero-order valence-electron chi connectivity index (χ0n) is 13.2. The van der Waals surface area contributed by atoms with E-state index in [1.54, 1.807) is 11.6 Å². The van der Waals surface area contributed by atoms with Gasteiger partial charge in [-0.2, -0.15) is 5.10 Å². The first-order chi connectivity index (χ1) is 10.6. The van der Waals surface area contributed by atoms with E-state index in [4.69, 9.17) is 0 Å². The third-order valence-electron chi connectivity index (χ3n) is 4.61. The summed E-state index contributed by atoms with van der Waals surface area (Å²) < 4.78 is 1.61. The molecule has 0 saturated heterocycles. The van der Waals surface area contributed by atoms with Crippen LogP contribution in [-0.2, 0) is 20.0 Å². The molecule has 2 aromatic heterocycles. The van der Waals surface area contributed by atoms with Gasteiger partial charge in [0.2, 0.25) is 0 Å². The van der Waals surface area contributed by atoms with Gasteiger partial charge in [-0.05, 0) is 25.7 Å². The number of imidazole rings is 1. The molecule has 1 fully saturated rings. The average Bonchev–Trinajstić information content (AvgIpc) is 3.07. The van der Waals surface area contributed by atoms with Crippen LogP contribution in [0.15, 0.2) is 11.0 Å². The van der Waals surface area contributed by atoms with E-state index in [0.717, 1.165) is 30.3 Å². The molecule has 120 valence electrons. The van der Waals surface area contributed by atoms with Crippen LogP contribution in [0.2, 0.25) is 0 Å². The summed E-state index contributed by atoms with van der Waals surface area (Å²) in [6.07, 6.45) is 7.55. The zero-order chi connectivity index (χ0) is 15.5. The monoisotopic (exact) mass is 304 g/mol. The Hall–Kier alpha value is -1.89. The summed E-state index contributed by atoms with van der Waals surface area (Å²) in [5.41, 5.74) is 0.949. The second-order valence-corrected chi connectivity index (χ2v) is 6.25. The lowest BCUT2D eigenvalue weighted by atomic mass is 9.82. The van der Waals surface area contributed by atoms with Crippen LogP contribution in [0.4, 0.5) is 0 Å². The molecule has 0 unspecified atom stereocenters. The van der Waals surface area contributed by atoms with E-state index in [1.165, 1.54) is 25.7 Å². The summed E-state index contributed by atoms with van der Waals surface area (Å²) in [5, 5.41) is 10.3. The van der Waals surface area contributed by atoms with E-state index in [-0.39, 0.29) is 5.69 Å². The number of aromatic amines is 2. The average molecular weight is 304 g/mol. The molecule has 0 aromatic carbocycles. The van der Waals surface area contributed by atoms with Crippen LogP contribution < -0.4 is 11.0 Å².